The number of halogens is 3. The lowest BCUT2D eigenvalue weighted by atomic mass is 10.1. The first kappa shape index (κ1) is 16.0. The lowest BCUT2D eigenvalue weighted by molar-refractivity contribution is -0.137. The SMILES string of the molecule is FC(F)(F)c1ccc2[nH]c(-c3ccncc3OC3CCCC3)cc2c1. The Morgan fingerprint density at radius 1 is 1.08 bits per heavy atom. The van der Waals surface area contributed by atoms with Crippen LogP contribution in [0.2, 0.25) is 0 Å². The maximum absolute atomic E-state index is 12.9. The molecule has 2 aromatic heterocycles. The van der Waals surface area contributed by atoms with Crippen LogP contribution in [-0.4, -0.2) is 16.1 Å². The van der Waals surface area contributed by atoms with Crippen LogP contribution < -0.4 is 4.74 Å². The number of nitrogens with zero attached hydrogens (tertiary/aromatic N) is 1. The van der Waals surface area contributed by atoms with Gasteiger partial charge in [0.1, 0.15) is 5.75 Å². The molecule has 3 nitrogen and oxygen atoms in total. The summed E-state index contributed by atoms with van der Waals surface area (Å²) >= 11 is 0. The highest BCUT2D eigenvalue weighted by atomic mass is 19.4. The van der Waals surface area contributed by atoms with Crippen molar-refractivity contribution in [2.45, 2.75) is 38.0 Å². The molecule has 0 saturated heterocycles. The summed E-state index contributed by atoms with van der Waals surface area (Å²) in [6.07, 6.45) is 3.53. The van der Waals surface area contributed by atoms with Gasteiger partial charge in [0.25, 0.3) is 0 Å². The number of aromatic amines is 1. The second-order valence-corrected chi connectivity index (χ2v) is 6.38. The monoisotopic (exact) mass is 346 g/mol. The van der Waals surface area contributed by atoms with Crippen LogP contribution in [0.4, 0.5) is 13.2 Å². The van der Waals surface area contributed by atoms with Gasteiger partial charge in [-0.1, -0.05) is 0 Å². The number of H-pyrrole nitrogens is 1. The topological polar surface area (TPSA) is 37.9 Å². The first-order valence-corrected chi connectivity index (χ1v) is 8.32. The van der Waals surface area contributed by atoms with Gasteiger partial charge in [-0.3, -0.25) is 4.98 Å². The van der Waals surface area contributed by atoms with Crippen molar-refractivity contribution < 1.29 is 17.9 Å². The first-order valence-electron chi connectivity index (χ1n) is 8.32. The van der Waals surface area contributed by atoms with Crippen LogP contribution in [0.3, 0.4) is 0 Å². The highest BCUT2D eigenvalue weighted by Gasteiger charge is 2.30. The van der Waals surface area contributed by atoms with E-state index in [-0.39, 0.29) is 6.10 Å². The maximum Gasteiger partial charge on any atom is 0.416 e. The van der Waals surface area contributed by atoms with Gasteiger partial charge in [-0.15, -0.1) is 0 Å². The van der Waals surface area contributed by atoms with Gasteiger partial charge in [0.15, 0.2) is 0 Å². The molecular weight excluding hydrogens is 329 g/mol. The summed E-state index contributed by atoms with van der Waals surface area (Å²) in [6.45, 7) is 0. The molecule has 1 saturated carbocycles. The summed E-state index contributed by atoms with van der Waals surface area (Å²) < 4.78 is 44.8. The van der Waals surface area contributed by atoms with Gasteiger partial charge >= 0.3 is 6.18 Å². The molecule has 1 aliphatic rings. The minimum absolute atomic E-state index is 0.184. The van der Waals surface area contributed by atoms with Gasteiger partial charge in [0.05, 0.1) is 23.6 Å². The third-order valence-corrected chi connectivity index (χ3v) is 4.62. The molecule has 2 heterocycles. The smallest absolute Gasteiger partial charge is 0.416 e. The minimum atomic E-state index is -4.35. The molecule has 1 aromatic carbocycles. The molecule has 0 bridgehead atoms. The molecule has 25 heavy (non-hydrogen) atoms. The third-order valence-electron chi connectivity index (χ3n) is 4.62. The number of ether oxygens (including phenoxy) is 1. The van der Waals surface area contributed by atoms with Crippen LogP contribution in [0.25, 0.3) is 22.2 Å². The van der Waals surface area contributed by atoms with E-state index in [1.165, 1.54) is 6.07 Å². The van der Waals surface area contributed by atoms with Crippen LogP contribution in [0.5, 0.6) is 5.75 Å². The fraction of sp³-hybridized carbons (Fsp3) is 0.316. The fourth-order valence-corrected chi connectivity index (χ4v) is 3.34. The molecule has 1 aliphatic carbocycles. The number of aromatic nitrogens is 2. The van der Waals surface area contributed by atoms with E-state index in [0.29, 0.717) is 16.7 Å². The molecule has 4 rings (SSSR count). The zero-order chi connectivity index (χ0) is 17.4. The summed E-state index contributed by atoms with van der Waals surface area (Å²) in [6, 6.07) is 7.25. The lowest BCUT2D eigenvalue weighted by Gasteiger charge is -2.15. The first-order chi connectivity index (χ1) is 12.0. The average molecular weight is 346 g/mol. The highest BCUT2D eigenvalue weighted by molar-refractivity contribution is 5.87. The Bertz CT molecular complexity index is 895. The second kappa shape index (κ2) is 6.10. The molecule has 1 fully saturated rings. The Morgan fingerprint density at radius 2 is 1.88 bits per heavy atom. The van der Waals surface area contributed by atoms with Gasteiger partial charge in [-0.2, -0.15) is 13.2 Å². The number of fused-ring (bicyclic) bond motifs is 1. The molecule has 0 unspecified atom stereocenters. The van der Waals surface area contributed by atoms with E-state index < -0.39 is 11.7 Å². The standard InChI is InChI=1S/C19H17F3N2O/c20-19(21,22)13-5-6-16-12(9-13)10-17(24-16)15-7-8-23-11-18(15)25-14-3-1-2-4-14/h5-11,14,24H,1-4H2. The number of rotatable bonds is 3. The van der Waals surface area contributed by atoms with Crippen molar-refractivity contribution in [1.82, 2.24) is 9.97 Å². The van der Waals surface area contributed by atoms with Crippen molar-refractivity contribution in [1.29, 1.82) is 0 Å². The summed E-state index contributed by atoms with van der Waals surface area (Å²) in [5.41, 5.74) is 1.55. The predicted molar refractivity (Wildman–Crippen MR) is 89.4 cm³/mol. The van der Waals surface area contributed by atoms with E-state index in [9.17, 15) is 13.2 Å². The van der Waals surface area contributed by atoms with Crippen molar-refractivity contribution in [3.05, 3.63) is 48.3 Å². The average Bonchev–Trinajstić information content (AvgIpc) is 3.22. The molecule has 3 aromatic rings. The summed E-state index contributed by atoms with van der Waals surface area (Å²) in [5.74, 6) is 0.664. The largest absolute Gasteiger partial charge is 0.488 e. The normalized spacial score (nSPS) is 15.8. The van der Waals surface area contributed by atoms with Gasteiger partial charge in [-0.25, -0.2) is 0 Å². The van der Waals surface area contributed by atoms with Crippen molar-refractivity contribution >= 4 is 10.9 Å². The minimum Gasteiger partial charge on any atom is -0.488 e. The van der Waals surface area contributed by atoms with Gasteiger partial charge in [0.2, 0.25) is 0 Å². The van der Waals surface area contributed by atoms with Crippen LogP contribution in [-0.2, 0) is 6.18 Å². The van der Waals surface area contributed by atoms with Gasteiger partial charge in [0, 0.05) is 22.7 Å². The van der Waals surface area contributed by atoms with E-state index in [1.54, 1.807) is 18.5 Å². The number of benzene rings is 1. The summed E-state index contributed by atoms with van der Waals surface area (Å²) in [7, 11) is 0. The number of nitrogens with one attached hydrogen (secondary N) is 1. The molecule has 130 valence electrons. The van der Waals surface area contributed by atoms with E-state index in [0.717, 1.165) is 49.1 Å². The third kappa shape index (κ3) is 3.21. The van der Waals surface area contributed by atoms with E-state index in [1.807, 2.05) is 6.07 Å². The Kier molecular flexibility index (Phi) is 3.90. The quantitative estimate of drug-likeness (QED) is 0.673. The zero-order valence-electron chi connectivity index (χ0n) is 13.4. The zero-order valence-corrected chi connectivity index (χ0v) is 13.4. The summed E-state index contributed by atoms with van der Waals surface area (Å²) in [5, 5.41) is 0.522. The molecule has 6 heteroatoms. The van der Waals surface area contributed by atoms with Crippen LogP contribution in [0.15, 0.2) is 42.7 Å². The van der Waals surface area contributed by atoms with E-state index >= 15 is 0 Å². The molecule has 0 aliphatic heterocycles. The molecule has 1 N–H and O–H groups in total. The Balaban J connectivity index is 1.72. The van der Waals surface area contributed by atoms with Crippen LogP contribution in [0.1, 0.15) is 31.2 Å². The van der Waals surface area contributed by atoms with Crippen molar-refractivity contribution in [3.8, 4) is 17.0 Å². The molecule has 0 atom stereocenters. The summed E-state index contributed by atoms with van der Waals surface area (Å²) in [4.78, 5) is 7.31. The van der Waals surface area contributed by atoms with Crippen LogP contribution in [0, 0.1) is 0 Å². The maximum atomic E-state index is 12.9. The number of pyridine rings is 1. The molecule has 0 amide bonds. The Hall–Kier alpha value is -2.50. The molecule has 0 spiro atoms. The molecular formula is C19H17F3N2O. The Labute approximate surface area is 142 Å². The van der Waals surface area contributed by atoms with Gasteiger partial charge in [-0.05, 0) is 56.0 Å². The Morgan fingerprint density at radius 3 is 2.64 bits per heavy atom. The van der Waals surface area contributed by atoms with Crippen molar-refractivity contribution in [2.75, 3.05) is 0 Å². The van der Waals surface area contributed by atoms with Crippen LogP contribution >= 0.6 is 0 Å². The van der Waals surface area contributed by atoms with Gasteiger partial charge < -0.3 is 9.72 Å². The fourth-order valence-electron chi connectivity index (χ4n) is 3.34. The number of hydrogen-bond donors (Lipinski definition) is 1. The van der Waals surface area contributed by atoms with Crippen molar-refractivity contribution in [3.63, 3.8) is 0 Å². The van der Waals surface area contributed by atoms with Crippen molar-refractivity contribution in [2.24, 2.45) is 0 Å². The second-order valence-electron chi connectivity index (χ2n) is 6.38. The van der Waals surface area contributed by atoms with E-state index in [2.05, 4.69) is 9.97 Å². The number of hydrogen-bond acceptors (Lipinski definition) is 2. The number of alkyl halides is 3. The lowest BCUT2D eigenvalue weighted by Crippen LogP contribution is -2.11. The predicted octanol–water partition coefficient (Wildman–Crippen LogP) is 5.57. The van der Waals surface area contributed by atoms with E-state index in [4.69, 9.17) is 4.74 Å². The molecule has 0 radical (unpaired) electrons. The highest BCUT2D eigenvalue weighted by Crippen LogP contribution is 2.36.